The number of benzene rings is 1. The second-order valence-electron chi connectivity index (χ2n) is 3.79. The van der Waals surface area contributed by atoms with Gasteiger partial charge in [0.2, 0.25) is 5.91 Å². The number of carbonyl (C=O) groups is 1. The van der Waals surface area contributed by atoms with Crippen LogP contribution in [0.3, 0.4) is 0 Å². The molecule has 100 valence electrons. The van der Waals surface area contributed by atoms with Gasteiger partial charge in [-0.2, -0.15) is 8.42 Å². The van der Waals surface area contributed by atoms with Gasteiger partial charge in [0.05, 0.1) is 0 Å². The van der Waals surface area contributed by atoms with Crippen molar-refractivity contribution in [3.63, 3.8) is 0 Å². The van der Waals surface area contributed by atoms with Crippen LogP contribution in [0.2, 0.25) is 0 Å². The lowest BCUT2D eigenvalue weighted by Crippen LogP contribution is -2.12. The van der Waals surface area contributed by atoms with Crippen molar-refractivity contribution >= 4 is 27.4 Å². The standard InChI is InChI=1S/C12H11NO4S2/c1-8-5-6-11(18-8)19(15,16)17-10-4-2-3-9(7-10)12(13)14/h2-7H,1H3,(H2,13,14). The lowest BCUT2D eigenvalue weighted by Gasteiger charge is -2.05. The molecule has 2 aromatic rings. The molecule has 7 heteroatoms. The number of nitrogens with two attached hydrogens (primary N) is 1. The fraction of sp³-hybridized carbons (Fsp3) is 0.0833. The van der Waals surface area contributed by atoms with E-state index >= 15 is 0 Å². The zero-order chi connectivity index (χ0) is 14.0. The van der Waals surface area contributed by atoms with E-state index in [1.165, 1.54) is 30.3 Å². The van der Waals surface area contributed by atoms with Gasteiger partial charge in [0.25, 0.3) is 0 Å². The first-order valence-electron chi connectivity index (χ1n) is 5.29. The Labute approximate surface area is 114 Å². The van der Waals surface area contributed by atoms with Crippen LogP contribution in [0.25, 0.3) is 0 Å². The number of thiophene rings is 1. The zero-order valence-electron chi connectivity index (χ0n) is 9.99. The number of primary amides is 1. The van der Waals surface area contributed by atoms with E-state index < -0.39 is 16.0 Å². The molecule has 1 aromatic heterocycles. The maximum Gasteiger partial charge on any atom is 0.348 e. The van der Waals surface area contributed by atoms with E-state index in [-0.39, 0.29) is 15.5 Å². The van der Waals surface area contributed by atoms with Crippen LogP contribution in [0.1, 0.15) is 15.2 Å². The van der Waals surface area contributed by atoms with Gasteiger partial charge in [0.15, 0.2) is 4.21 Å². The molecule has 0 aliphatic heterocycles. The topological polar surface area (TPSA) is 86.5 Å². The van der Waals surface area contributed by atoms with Gasteiger partial charge < -0.3 is 9.92 Å². The lowest BCUT2D eigenvalue weighted by molar-refractivity contribution is 0.1000. The van der Waals surface area contributed by atoms with Crippen molar-refractivity contribution in [1.82, 2.24) is 0 Å². The predicted molar refractivity (Wildman–Crippen MR) is 71.8 cm³/mol. The van der Waals surface area contributed by atoms with Gasteiger partial charge >= 0.3 is 10.1 Å². The van der Waals surface area contributed by atoms with Crippen molar-refractivity contribution in [3.8, 4) is 5.75 Å². The molecule has 0 fully saturated rings. The molecule has 0 spiro atoms. The third-order valence-electron chi connectivity index (χ3n) is 2.29. The molecule has 0 aliphatic carbocycles. The third kappa shape index (κ3) is 3.12. The van der Waals surface area contributed by atoms with Crippen molar-refractivity contribution in [1.29, 1.82) is 0 Å². The van der Waals surface area contributed by atoms with Crippen molar-refractivity contribution in [2.45, 2.75) is 11.1 Å². The Balaban J connectivity index is 2.30. The van der Waals surface area contributed by atoms with Crippen LogP contribution in [-0.2, 0) is 10.1 Å². The average molecular weight is 297 g/mol. The molecule has 0 radical (unpaired) electrons. The lowest BCUT2D eigenvalue weighted by atomic mass is 10.2. The molecule has 0 aliphatic rings. The van der Waals surface area contributed by atoms with E-state index in [0.29, 0.717) is 0 Å². The van der Waals surface area contributed by atoms with Gasteiger partial charge in [-0.25, -0.2) is 0 Å². The summed E-state index contributed by atoms with van der Waals surface area (Å²) in [5.74, 6) is -0.586. The Morgan fingerprint density at radius 3 is 2.58 bits per heavy atom. The largest absolute Gasteiger partial charge is 0.378 e. The summed E-state index contributed by atoms with van der Waals surface area (Å²) in [4.78, 5) is 11.9. The fourth-order valence-electron chi connectivity index (χ4n) is 1.42. The van der Waals surface area contributed by atoms with Crippen molar-refractivity contribution < 1.29 is 17.4 Å². The van der Waals surface area contributed by atoms with E-state index in [4.69, 9.17) is 9.92 Å². The molecule has 19 heavy (non-hydrogen) atoms. The number of hydrogen-bond acceptors (Lipinski definition) is 5. The van der Waals surface area contributed by atoms with Crippen LogP contribution in [0.4, 0.5) is 0 Å². The van der Waals surface area contributed by atoms with Gasteiger partial charge in [-0.1, -0.05) is 6.07 Å². The minimum absolute atomic E-state index is 0.0577. The van der Waals surface area contributed by atoms with Gasteiger partial charge in [0.1, 0.15) is 5.75 Å². The van der Waals surface area contributed by atoms with Crippen molar-refractivity contribution in [2.24, 2.45) is 5.73 Å². The molecule has 1 aromatic carbocycles. The zero-order valence-corrected chi connectivity index (χ0v) is 11.6. The van der Waals surface area contributed by atoms with Crippen LogP contribution < -0.4 is 9.92 Å². The minimum Gasteiger partial charge on any atom is -0.378 e. The highest BCUT2D eigenvalue weighted by atomic mass is 32.3. The number of aryl methyl sites for hydroxylation is 1. The quantitative estimate of drug-likeness (QED) is 0.873. The summed E-state index contributed by atoms with van der Waals surface area (Å²) in [6.45, 7) is 1.80. The van der Waals surface area contributed by atoms with Gasteiger partial charge in [-0.3, -0.25) is 4.79 Å². The maximum absolute atomic E-state index is 12.0. The number of hydrogen-bond donors (Lipinski definition) is 1. The van der Waals surface area contributed by atoms with E-state index in [0.717, 1.165) is 16.2 Å². The van der Waals surface area contributed by atoms with E-state index in [9.17, 15) is 13.2 Å². The number of carbonyl (C=O) groups excluding carboxylic acids is 1. The Bertz CT molecular complexity index is 719. The molecule has 0 saturated heterocycles. The summed E-state index contributed by atoms with van der Waals surface area (Å²) >= 11 is 1.12. The first-order chi connectivity index (χ1) is 8.88. The highest BCUT2D eigenvalue weighted by Gasteiger charge is 2.19. The first kappa shape index (κ1) is 13.6. The maximum atomic E-state index is 12.0. The number of rotatable bonds is 4. The summed E-state index contributed by atoms with van der Waals surface area (Å²) in [6, 6.07) is 8.90. The molecule has 0 saturated carbocycles. The molecule has 0 unspecified atom stereocenters. The van der Waals surface area contributed by atoms with Crippen LogP contribution in [0.5, 0.6) is 5.75 Å². The Morgan fingerprint density at radius 1 is 1.26 bits per heavy atom. The Morgan fingerprint density at radius 2 is 2.00 bits per heavy atom. The van der Waals surface area contributed by atoms with Crippen molar-refractivity contribution in [3.05, 3.63) is 46.8 Å². The summed E-state index contributed by atoms with van der Waals surface area (Å²) in [5.41, 5.74) is 5.31. The molecule has 5 nitrogen and oxygen atoms in total. The van der Waals surface area contributed by atoms with Crippen LogP contribution in [-0.4, -0.2) is 14.3 Å². The molecule has 2 N–H and O–H groups in total. The molecule has 1 heterocycles. The SMILES string of the molecule is Cc1ccc(S(=O)(=O)Oc2cccc(C(N)=O)c2)s1. The van der Waals surface area contributed by atoms with E-state index in [1.54, 1.807) is 13.0 Å². The first-order valence-corrected chi connectivity index (χ1v) is 7.52. The second kappa shape index (κ2) is 5.02. The molecule has 0 bridgehead atoms. The Kier molecular flexibility index (Phi) is 3.59. The summed E-state index contributed by atoms with van der Waals surface area (Å²) in [6.07, 6.45) is 0. The molecular weight excluding hydrogens is 286 g/mol. The Hall–Kier alpha value is -1.86. The van der Waals surface area contributed by atoms with Crippen molar-refractivity contribution in [2.75, 3.05) is 0 Å². The van der Waals surface area contributed by atoms with Gasteiger partial charge in [0, 0.05) is 10.4 Å². The van der Waals surface area contributed by atoms with Gasteiger partial charge in [-0.05, 0) is 37.3 Å². The summed E-state index contributed by atoms with van der Waals surface area (Å²) in [5, 5.41) is 0. The predicted octanol–water partition coefficient (Wildman–Crippen LogP) is 1.92. The highest BCUT2D eigenvalue weighted by Crippen LogP contribution is 2.25. The molecular formula is C12H11NO4S2. The smallest absolute Gasteiger partial charge is 0.348 e. The third-order valence-corrected chi connectivity index (χ3v) is 4.99. The van der Waals surface area contributed by atoms with E-state index in [2.05, 4.69) is 0 Å². The van der Waals surface area contributed by atoms with Gasteiger partial charge in [-0.15, -0.1) is 11.3 Å². The minimum atomic E-state index is -3.87. The second-order valence-corrected chi connectivity index (χ2v) is 6.86. The molecule has 0 atom stereocenters. The number of amides is 1. The van der Waals surface area contributed by atoms with Crippen LogP contribution >= 0.6 is 11.3 Å². The van der Waals surface area contributed by atoms with Crippen LogP contribution in [0.15, 0.2) is 40.6 Å². The average Bonchev–Trinajstić information content (AvgIpc) is 2.76. The highest BCUT2D eigenvalue weighted by molar-refractivity contribution is 7.89. The monoisotopic (exact) mass is 297 g/mol. The summed E-state index contributed by atoms with van der Waals surface area (Å²) < 4.78 is 29.0. The van der Waals surface area contributed by atoms with E-state index in [1.807, 2.05) is 0 Å². The molecule has 1 amide bonds. The summed E-state index contributed by atoms with van der Waals surface area (Å²) in [7, 11) is -3.87. The van der Waals surface area contributed by atoms with Crippen LogP contribution in [0, 0.1) is 6.92 Å². The normalized spacial score (nSPS) is 11.2. The fourth-order valence-corrected chi connectivity index (χ4v) is 3.58. The molecule has 2 rings (SSSR count).